The molecule has 2 N–H and O–H groups in total. The van der Waals surface area contributed by atoms with Crippen LogP contribution in [0.3, 0.4) is 0 Å². The Morgan fingerprint density at radius 3 is 1.86 bits per heavy atom. The Morgan fingerprint density at radius 2 is 1.28 bits per heavy atom. The van der Waals surface area contributed by atoms with Gasteiger partial charge in [-0.1, -0.05) is 66.7 Å². The largest absolute Gasteiger partial charge is 0.496 e. The lowest BCUT2D eigenvalue weighted by Crippen LogP contribution is -2.24. The number of hydrogen-bond donors (Lipinski definition) is 2. The molecule has 0 fully saturated rings. The molecule has 0 saturated carbocycles. The first-order valence-corrected chi connectivity index (χ1v) is 11.5. The fraction of sp³-hybridized carbons (Fsp3) is 0.138. The van der Waals surface area contributed by atoms with E-state index in [4.69, 9.17) is 9.47 Å². The van der Waals surface area contributed by atoms with Gasteiger partial charge in [0.05, 0.1) is 14.2 Å². The number of rotatable bonds is 9. The fourth-order valence-electron chi connectivity index (χ4n) is 3.73. The molecule has 0 aliphatic rings. The standard InChI is InChI=1S/C29H27N3O4/c1-35-25-16-17-30-29(36-2)26(25)28(34)32-19-21-10-8-20(9-11-21)18-31-27(33)24-14-12-23(13-15-24)22-6-4-3-5-7-22/h3-17H,18-19H2,1-2H3,(H,31,33)(H,32,34). The maximum absolute atomic E-state index is 12.7. The molecule has 0 saturated heterocycles. The molecule has 7 heteroatoms. The predicted molar refractivity (Wildman–Crippen MR) is 138 cm³/mol. The van der Waals surface area contributed by atoms with Crippen molar-refractivity contribution in [2.45, 2.75) is 13.1 Å². The van der Waals surface area contributed by atoms with Gasteiger partial charge in [0.25, 0.3) is 11.8 Å². The van der Waals surface area contributed by atoms with Crippen molar-refractivity contribution < 1.29 is 19.1 Å². The molecular formula is C29H27N3O4. The molecule has 1 heterocycles. The van der Waals surface area contributed by atoms with E-state index in [-0.39, 0.29) is 23.3 Å². The Bertz CT molecular complexity index is 1300. The van der Waals surface area contributed by atoms with Gasteiger partial charge in [-0.25, -0.2) is 4.98 Å². The molecule has 7 nitrogen and oxygen atoms in total. The van der Waals surface area contributed by atoms with Crippen LogP contribution >= 0.6 is 0 Å². The van der Waals surface area contributed by atoms with Crippen LogP contribution in [0, 0.1) is 0 Å². The van der Waals surface area contributed by atoms with Gasteiger partial charge in [0.2, 0.25) is 5.88 Å². The van der Waals surface area contributed by atoms with Gasteiger partial charge < -0.3 is 20.1 Å². The lowest BCUT2D eigenvalue weighted by Gasteiger charge is -2.12. The molecule has 0 spiro atoms. The maximum atomic E-state index is 12.7. The first-order chi connectivity index (χ1) is 17.6. The number of hydrogen-bond acceptors (Lipinski definition) is 5. The van der Waals surface area contributed by atoms with E-state index in [1.807, 2.05) is 78.9 Å². The van der Waals surface area contributed by atoms with Gasteiger partial charge in [0, 0.05) is 24.8 Å². The van der Waals surface area contributed by atoms with E-state index >= 15 is 0 Å². The van der Waals surface area contributed by atoms with E-state index in [1.165, 1.54) is 20.4 Å². The summed E-state index contributed by atoms with van der Waals surface area (Å²) in [6.45, 7) is 0.719. The number of ether oxygens (including phenoxy) is 2. The zero-order chi connectivity index (χ0) is 25.3. The van der Waals surface area contributed by atoms with E-state index in [1.54, 1.807) is 6.07 Å². The number of carbonyl (C=O) groups excluding carboxylic acids is 2. The minimum Gasteiger partial charge on any atom is -0.496 e. The highest BCUT2D eigenvalue weighted by Gasteiger charge is 2.19. The number of methoxy groups -OCH3 is 2. The topological polar surface area (TPSA) is 89.6 Å². The summed E-state index contributed by atoms with van der Waals surface area (Å²) in [6, 6.07) is 26.9. The quantitative estimate of drug-likeness (QED) is 0.364. The minimum absolute atomic E-state index is 0.134. The molecular weight excluding hydrogens is 454 g/mol. The first kappa shape index (κ1) is 24.5. The molecule has 36 heavy (non-hydrogen) atoms. The zero-order valence-corrected chi connectivity index (χ0v) is 20.2. The average Bonchev–Trinajstić information content (AvgIpc) is 2.95. The second-order valence-electron chi connectivity index (χ2n) is 8.02. The van der Waals surface area contributed by atoms with Crippen molar-refractivity contribution in [3.8, 4) is 22.8 Å². The molecule has 0 bridgehead atoms. The summed E-state index contributed by atoms with van der Waals surface area (Å²) in [5.41, 5.74) is 4.90. The highest BCUT2D eigenvalue weighted by Crippen LogP contribution is 2.25. The lowest BCUT2D eigenvalue weighted by molar-refractivity contribution is 0.0938. The molecule has 0 radical (unpaired) electrons. The van der Waals surface area contributed by atoms with Crippen LogP contribution in [0.1, 0.15) is 31.8 Å². The van der Waals surface area contributed by atoms with Gasteiger partial charge in [0.1, 0.15) is 11.3 Å². The molecule has 2 amide bonds. The van der Waals surface area contributed by atoms with Gasteiger partial charge in [-0.3, -0.25) is 9.59 Å². The number of amides is 2. The molecule has 0 aliphatic heterocycles. The number of benzene rings is 3. The summed E-state index contributed by atoms with van der Waals surface area (Å²) in [6.07, 6.45) is 1.52. The molecule has 4 aromatic rings. The maximum Gasteiger partial charge on any atom is 0.260 e. The average molecular weight is 482 g/mol. The van der Waals surface area contributed by atoms with Crippen LogP contribution < -0.4 is 20.1 Å². The van der Waals surface area contributed by atoms with Gasteiger partial charge in [-0.15, -0.1) is 0 Å². The third-order valence-electron chi connectivity index (χ3n) is 5.70. The van der Waals surface area contributed by atoms with E-state index in [9.17, 15) is 9.59 Å². The highest BCUT2D eigenvalue weighted by molar-refractivity contribution is 5.99. The van der Waals surface area contributed by atoms with Crippen LogP contribution in [0.2, 0.25) is 0 Å². The van der Waals surface area contributed by atoms with Crippen LogP contribution in [0.4, 0.5) is 0 Å². The Hall–Kier alpha value is -4.65. The van der Waals surface area contributed by atoms with E-state index in [2.05, 4.69) is 15.6 Å². The van der Waals surface area contributed by atoms with Crippen LogP contribution in [0.5, 0.6) is 11.6 Å². The molecule has 3 aromatic carbocycles. The smallest absolute Gasteiger partial charge is 0.260 e. The fourth-order valence-corrected chi connectivity index (χ4v) is 3.73. The summed E-state index contributed by atoms with van der Waals surface area (Å²) in [4.78, 5) is 29.3. The lowest BCUT2D eigenvalue weighted by atomic mass is 10.0. The van der Waals surface area contributed by atoms with Crippen molar-refractivity contribution in [1.29, 1.82) is 0 Å². The summed E-state index contributed by atoms with van der Waals surface area (Å²) >= 11 is 0. The van der Waals surface area contributed by atoms with Gasteiger partial charge in [-0.05, 0) is 40.5 Å². The van der Waals surface area contributed by atoms with Crippen molar-refractivity contribution >= 4 is 11.8 Å². The summed E-state index contributed by atoms with van der Waals surface area (Å²) in [7, 11) is 2.94. The third kappa shape index (κ3) is 5.88. The van der Waals surface area contributed by atoms with Gasteiger partial charge in [-0.2, -0.15) is 0 Å². The second-order valence-corrected chi connectivity index (χ2v) is 8.02. The Balaban J connectivity index is 1.30. The van der Waals surface area contributed by atoms with Crippen LogP contribution in [0.25, 0.3) is 11.1 Å². The SMILES string of the molecule is COc1ccnc(OC)c1C(=O)NCc1ccc(CNC(=O)c2ccc(-c3ccccc3)cc2)cc1. The normalized spacial score (nSPS) is 10.4. The number of aromatic nitrogens is 1. The zero-order valence-electron chi connectivity index (χ0n) is 20.2. The van der Waals surface area contributed by atoms with Gasteiger partial charge in [0.15, 0.2) is 0 Å². The van der Waals surface area contributed by atoms with Crippen LogP contribution in [-0.4, -0.2) is 31.0 Å². The van der Waals surface area contributed by atoms with Gasteiger partial charge >= 0.3 is 0 Å². The molecule has 4 rings (SSSR count). The summed E-state index contributed by atoms with van der Waals surface area (Å²) < 4.78 is 10.5. The van der Waals surface area contributed by atoms with E-state index < -0.39 is 0 Å². The van der Waals surface area contributed by atoms with Crippen molar-refractivity contribution in [2.24, 2.45) is 0 Å². The van der Waals surface area contributed by atoms with E-state index in [0.29, 0.717) is 24.4 Å². The van der Waals surface area contributed by atoms with Crippen LogP contribution in [-0.2, 0) is 13.1 Å². The second kappa shape index (κ2) is 11.7. The molecule has 0 atom stereocenters. The molecule has 0 aliphatic carbocycles. The molecule has 1 aromatic heterocycles. The summed E-state index contributed by atoms with van der Waals surface area (Å²) in [5.74, 6) is 0.115. The monoisotopic (exact) mass is 481 g/mol. The minimum atomic E-state index is -0.341. The van der Waals surface area contributed by atoms with Crippen molar-refractivity contribution in [3.05, 3.63) is 113 Å². The third-order valence-corrected chi connectivity index (χ3v) is 5.70. The predicted octanol–water partition coefficient (Wildman–Crippen LogP) is 4.63. The Labute approximate surface area is 210 Å². The summed E-state index contributed by atoms with van der Waals surface area (Å²) in [5, 5.41) is 5.81. The van der Waals surface area contributed by atoms with Crippen molar-refractivity contribution in [3.63, 3.8) is 0 Å². The number of carbonyl (C=O) groups is 2. The first-order valence-electron chi connectivity index (χ1n) is 11.5. The molecule has 182 valence electrons. The van der Waals surface area contributed by atoms with Crippen molar-refractivity contribution in [2.75, 3.05) is 14.2 Å². The van der Waals surface area contributed by atoms with E-state index in [0.717, 1.165) is 22.3 Å². The Kier molecular flexibility index (Phi) is 7.93. The number of nitrogens with zero attached hydrogens (tertiary/aromatic N) is 1. The number of pyridine rings is 1. The van der Waals surface area contributed by atoms with Crippen LogP contribution in [0.15, 0.2) is 91.1 Å². The Morgan fingerprint density at radius 1 is 0.694 bits per heavy atom. The van der Waals surface area contributed by atoms with Crippen molar-refractivity contribution in [1.82, 2.24) is 15.6 Å². The number of nitrogens with one attached hydrogen (secondary N) is 2. The highest BCUT2D eigenvalue weighted by atomic mass is 16.5. The molecule has 0 unspecified atom stereocenters.